The van der Waals surface area contributed by atoms with E-state index in [-0.39, 0.29) is 5.54 Å². The van der Waals surface area contributed by atoms with E-state index in [1.165, 1.54) is 18.4 Å². The van der Waals surface area contributed by atoms with Gasteiger partial charge in [0.05, 0.1) is 18.2 Å². The molecule has 2 aliphatic rings. The number of hydrogen-bond acceptors (Lipinski definition) is 3. The zero-order chi connectivity index (χ0) is 13.5. The molecule has 0 bridgehead atoms. The number of aliphatic hydroxyl groups excluding tert-OH is 1. The minimum atomic E-state index is -0.407. The lowest BCUT2D eigenvalue weighted by Crippen LogP contribution is -2.47. The SMILES string of the molecule is CN(C)C1(C(O)c2ccc3c(c2)CCO3)CCCC1. The van der Waals surface area contributed by atoms with Gasteiger partial charge in [0, 0.05) is 6.42 Å². The molecule has 1 aromatic rings. The van der Waals surface area contributed by atoms with Gasteiger partial charge in [0.1, 0.15) is 5.75 Å². The molecule has 104 valence electrons. The van der Waals surface area contributed by atoms with Crippen molar-refractivity contribution in [1.29, 1.82) is 0 Å². The van der Waals surface area contributed by atoms with Crippen LogP contribution in [0.3, 0.4) is 0 Å². The number of benzene rings is 1. The summed E-state index contributed by atoms with van der Waals surface area (Å²) in [6.07, 6.45) is 5.14. The highest BCUT2D eigenvalue weighted by Crippen LogP contribution is 2.44. The third-order valence-electron chi connectivity index (χ3n) is 4.90. The Bertz CT molecular complexity index is 464. The van der Waals surface area contributed by atoms with Crippen molar-refractivity contribution in [1.82, 2.24) is 4.90 Å². The first-order chi connectivity index (χ1) is 9.13. The number of hydrogen-bond donors (Lipinski definition) is 1. The number of rotatable bonds is 3. The summed E-state index contributed by atoms with van der Waals surface area (Å²) >= 11 is 0. The monoisotopic (exact) mass is 261 g/mol. The normalized spacial score (nSPS) is 22.3. The van der Waals surface area contributed by atoms with Crippen molar-refractivity contribution >= 4 is 0 Å². The Hall–Kier alpha value is -1.06. The van der Waals surface area contributed by atoms with E-state index in [2.05, 4.69) is 25.1 Å². The van der Waals surface area contributed by atoms with Gasteiger partial charge < -0.3 is 14.7 Å². The Balaban J connectivity index is 1.92. The largest absolute Gasteiger partial charge is 0.493 e. The lowest BCUT2D eigenvalue weighted by atomic mass is 9.84. The molecule has 1 atom stereocenters. The zero-order valence-corrected chi connectivity index (χ0v) is 11.9. The van der Waals surface area contributed by atoms with Gasteiger partial charge in [-0.25, -0.2) is 0 Å². The van der Waals surface area contributed by atoms with Gasteiger partial charge in [0.2, 0.25) is 0 Å². The van der Waals surface area contributed by atoms with Crippen LogP contribution in [0, 0.1) is 0 Å². The van der Waals surface area contributed by atoms with Crippen molar-refractivity contribution in [2.24, 2.45) is 0 Å². The molecule has 0 amide bonds. The van der Waals surface area contributed by atoms with E-state index in [9.17, 15) is 5.11 Å². The molecule has 0 aromatic heterocycles. The molecule has 3 rings (SSSR count). The second-order valence-corrected chi connectivity index (χ2v) is 6.07. The van der Waals surface area contributed by atoms with E-state index in [0.717, 1.165) is 37.2 Å². The first kappa shape index (κ1) is 12.9. The third-order valence-corrected chi connectivity index (χ3v) is 4.90. The van der Waals surface area contributed by atoms with Gasteiger partial charge in [-0.1, -0.05) is 18.9 Å². The summed E-state index contributed by atoms with van der Waals surface area (Å²) in [5.41, 5.74) is 2.19. The van der Waals surface area contributed by atoms with Crippen LogP contribution >= 0.6 is 0 Å². The second-order valence-electron chi connectivity index (χ2n) is 6.07. The van der Waals surface area contributed by atoms with E-state index in [1.807, 2.05) is 12.1 Å². The van der Waals surface area contributed by atoms with E-state index >= 15 is 0 Å². The molecule has 0 saturated heterocycles. The van der Waals surface area contributed by atoms with Crippen LogP contribution in [-0.4, -0.2) is 36.2 Å². The molecule has 1 aromatic carbocycles. The molecule has 1 fully saturated rings. The van der Waals surface area contributed by atoms with E-state index in [1.54, 1.807) is 0 Å². The number of aliphatic hydroxyl groups is 1. The third kappa shape index (κ3) is 2.05. The van der Waals surface area contributed by atoms with Crippen LogP contribution in [0.25, 0.3) is 0 Å². The minimum absolute atomic E-state index is 0.0896. The van der Waals surface area contributed by atoms with Crippen LogP contribution in [0.2, 0.25) is 0 Å². The Morgan fingerprint density at radius 2 is 2.00 bits per heavy atom. The van der Waals surface area contributed by atoms with Gasteiger partial charge in [0.25, 0.3) is 0 Å². The van der Waals surface area contributed by atoms with E-state index in [4.69, 9.17) is 4.74 Å². The van der Waals surface area contributed by atoms with E-state index in [0.29, 0.717) is 0 Å². The van der Waals surface area contributed by atoms with Crippen LogP contribution in [0.1, 0.15) is 42.9 Å². The first-order valence-corrected chi connectivity index (χ1v) is 7.25. The summed E-state index contributed by atoms with van der Waals surface area (Å²) < 4.78 is 5.54. The molecule has 1 saturated carbocycles. The van der Waals surface area contributed by atoms with Crippen molar-refractivity contribution < 1.29 is 9.84 Å². The predicted molar refractivity (Wildman–Crippen MR) is 75.5 cm³/mol. The smallest absolute Gasteiger partial charge is 0.122 e. The fourth-order valence-corrected chi connectivity index (χ4v) is 3.64. The van der Waals surface area contributed by atoms with Gasteiger partial charge in [-0.15, -0.1) is 0 Å². The Kier molecular flexibility index (Phi) is 3.27. The highest BCUT2D eigenvalue weighted by atomic mass is 16.5. The van der Waals surface area contributed by atoms with Gasteiger partial charge in [-0.05, 0) is 50.2 Å². The number of nitrogens with zero attached hydrogens (tertiary/aromatic N) is 1. The molecular weight excluding hydrogens is 238 g/mol. The predicted octanol–water partition coefficient (Wildman–Crippen LogP) is 2.53. The molecule has 1 unspecified atom stereocenters. The lowest BCUT2D eigenvalue weighted by Gasteiger charge is -2.40. The van der Waals surface area contributed by atoms with Crippen LogP contribution < -0.4 is 4.74 Å². The van der Waals surface area contributed by atoms with Crippen molar-refractivity contribution in [3.8, 4) is 5.75 Å². The Morgan fingerprint density at radius 3 is 2.68 bits per heavy atom. The van der Waals surface area contributed by atoms with Crippen molar-refractivity contribution in [3.63, 3.8) is 0 Å². The average molecular weight is 261 g/mol. The van der Waals surface area contributed by atoms with E-state index < -0.39 is 6.10 Å². The topological polar surface area (TPSA) is 32.7 Å². The quantitative estimate of drug-likeness (QED) is 0.907. The summed E-state index contributed by atoms with van der Waals surface area (Å²) in [5, 5.41) is 10.9. The molecule has 1 N–H and O–H groups in total. The summed E-state index contributed by atoms with van der Waals surface area (Å²) in [7, 11) is 4.18. The van der Waals surface area contributed by atoms with Crippen LogP contribution in [-0.2, 0) is 6.42 Å². The fraction of sp³-hybridized carbons (Fsp3) is 0.625. The minimum Gasteiger partial charge on any atom is -0.493 e. The molecule has 3 nitrogen and oxygen atoms in total. The molecule has 1 heterocycles. The first-order valence-electron chi connectivity index (χ1n) is 7.25. The summed E-state index contributed by atoms with van der Waals surface area (Å²) in [5.74, 6) is 0.987. The highest BCUT2D eigenvalue weighted by molar-refractivity contribution is 5.41. The van der Waals surface area contributed by atoms with Crippen molar-refractivity contribution in [2.75, 3.05) is 20.7 Å². The zero-order valence-electron chi connectivity index (χ0n) is 11.9. The Morgan fingerprint density at radius 1 is 1.26 bits per heavy atom. The molecule has 1 aliphatic carbocycles. The Labute approximate surface area is 115 Å². The summed E-state index contributed by atoms with van der Waals surface area (Å²) in [6, 6.07) is 6.17. The van der Waals surface area contributed by atoms with Crippen LogP contribution in [0.5, 0.6) is 5.75 Å². The van der Waals surface area contributed by atoms with Gasteiger partial charge in [-0.3, -0.25) is 0 Å². The maximum Gasteiger partial charge on any atom is 0.122 e. The molecule has 1 aliphatic heterocycles. The van der Waals surface area contributed by atoms with Gasteiger partial charge in [-0.2, -0.15) is 0 Å². The molecule has 3 heteroatoms. The van der Waals surface area contributed by atoms with Gasteiger partial charge >= 0.3 is 0 Å². The van der Waals surface area contributed by atoms with Crippen LogP contribution in [0.4, 0.5) is 0 Å². The van der Waals surface area contributed by atoms with Gasteiger partial charge in [0.15, 0.2) is 0 Å². The molecule has 0 radical (unpaired) electrons. The maximum absolute atomic E-state index is 10.9. The fourth-order valence-electron chi connectivity index (χ4n) is 3.64. The number of fused-ring (bicyclic) bond motifs is 1. The van der Waals surface area contributed by atoms with Crippen molar-refractivity contribution in [2.45, 2.75) is 43.7 Å². The molecule has 0 spiro atoms. The van der Waals surface area contributed by atoms with Crippen LogP contribution in [0.15, 0.2) is 18.2 Å². The maximum atomic E-state index is 10.9. The number of ether oxygens (including phenoxy) is 1. The molecular formula is C16H23NO2. The lowest BCUT2D eigenvalue weighted by molar-refractivity contribution is -0.00478. The molecule has 19 heavy (non-hydrogen) atoms. The second kappa shape index (κ2) is 4.80. The highest BCUT2D eigenvalue weighted by Gasteiger charge is 2.43. The standard InChI is InChI=1S/C16H23NO2/c1-17(2)16(8-3-4-9-16)15(18)13-5-6-14-12(11-13)7-10-19-14/h5-6,11,15,18H,3-4,7-10H2,1-2H3. The number of likely N-dealkylation sites (N-methyl/N-ethyl adjacent to an activating group) is 1. The summed E-state index contributed by atoms with van der Waals surface area (Å²) in [6.45, 7) is 0.772. The average Bonchev–Trinajstić information content (AvgIpc) is 3.06. The summed E-state index contributed by atoms with van der Waals surface area (Å²) in [4.78, 5) is 2.22. The van der Waals surface area contributed by atoms with Crippen molar-refractivity contribution in [3.05, 3.63) is 29.3 Å².